The van der Waals surface area contributed by atoms with E-state index < -0.39 is 0 Å². The highest BCUT2D eigenvalue weighted by atomic mass is 32.2. The number of hydrogen-bond donors (Lipinski definition) is 0. The van der Waals surface area contributed by atoms with Crippen molar-refractivity contribution >= 4 is 11.8 Å². The van der Waals surface area contributed by atoms with Gasteiger partial charge in [-0.05, 0) is 24.5 Å². The van der Waals surface area contributed by atoms with E-state index in [2.05, 4.69) is 31.5 Å². The summed E-state index contributed by atoms with van der Waals surface area (Å²) in [6.45, 7) is 4.68. The van der Waals surface area contributed by atoms with E-state index in [1.165, 1.54) is 18.6 Å². The summed E-state index contributed by atoms with van der Waals surface area (Å²) in [4.78, 5) is 0. The van der Waals surface area contributed by atoms with Crippen molar-refractivity contribution < 1.29 is 0 Å². The van der Waals surface area contributed by atoms with Crippen molar-refractivity contribution in [2.45, 2.75) is 37.9 Å². The van der Waals surface area contributed by atoms with Gasteiger partial charge in [-0.25, -0.2) is 0 Å². The molecule has 1 heteroatoms. The molecule has 0 aliphatic carbocycles. The molecule has 0 aromatic heterocycles. The van der Waals surface area contributed by atoms with Crippen LogP contribution in [-0.2, 0) is 0 Å². The Morgan fingerprint density at radius 1 is 1.64 bits per heavy atom. The SMILES string of the molecule is C#CCCC1CCSC1(C)C. The summed E-state index contributed by atoms with van der Waals surface area (Å²) in [6, 6.07) is 0. The van der Waals surface area contributed by atoms with E-state index >= 15 is 0 Å². The van der Waals surface area contributed by atoms with Crippen molar-refractivity contribution in [3.8, 4) is 12.3 Å². The summed E-state index contributed by atoms with van der Waals surface area (Å²) < 4.78 is 0.483. The molecule has 1 heterocycles. The van der Waals surface area contributed by atoms with Crippen molar-refractivity contribution in [2.75, 3.05) is 5.75 Å². The van der Waals surface area contributed by atoms with Crippen molar-refractivity contribution in [1.82, 2.24) is 0 Å². The van der Waals surface area contributed by atoms with Crippen LogP contribution in [0.15, 0.2) is 0 Å². The van der Waals surface area contributed by atoms with Crippen LogP contribution in [0.2, 0.25) is 0 Å². The quantitative estimate of drug-likeness (QED) is 0.571. The largest absolute Gasteiger partial charge is 0.155 e. The Hall–Kier alpha value is -0.0900. The Balaban J connectivity index is 2.40. The topological polar surface area (TPSA) is 0 Å². The molecule has 0 N–H and O–H groups in total. The molecule has 1 rings (SSSR count). The van der Waals surface area contributed by atoms with Gasteiger partial charge in [-0.2, -0.15) is 11.8 Å². The minimum Gasteiger partial charge on any atom is -0.155 e. The molecule has 1 saturated heterocycles. The maximum absolute atomic E-state index is 5.24. The third-order valence-corrected chi connectivity index (χ3v) is 4.08. The zero-order valence-corrected chi connectivity index (χ0v) is 8.21. The lowest BCUT2D eigenvalue weighted by Gasteiger charge is -2.25. The van der Waals surface area contributed by atoms with Crippen molar-refractivity contribution in [1.29, 1.82) is 0 Å². The van der Waals surface area contributed by atoms with Gasteiger partial charge in [0.15, 0.2) is 0 Å². The van der Waals surface area contributed by atoms with Gasteiger partial charge >= 0.3 is 0 Å². The van der Waals surface area contributed by atoms with E-state index in [4.69, 9.17) is 6.42 Å². The van der Waals surface area contributed by atoms with Crippen LogP contribution < -0.4 is 0 Å². The molecule has 1 fully saturated rings. The number of terminal acetylenes is 1. The Bertz CT molecular complexity index is 164. The minimum absolute atomic E-state index is 0.483. The van der Waals surface area contributed by atoms with E-state index in [-0.39, 0.29) is 0 Å². The fourth-order valence-electron chi connectivity index (χ4n) is 1.68. The first-order valence-corrected chi connectivity index (χ1v) is 5.23. The third-order valence-electron chi connectivity index (χ3n) is 2.56. The maximum atomic E-state index is 5.24. The van der Waals surface area contributed by atoms with Gasteiger partial charge in [-0.15, -0.1) is 12.3 Å². The molecule has 0 radical (unpaired) electrons. The molecular formula is C10H16S. The second-order valence-electron chi connectivity index (χ2n) is 3.68. The lowest BCUT2D eigenvalue weighted by Crippen LogP contribution is -2.21. The first kappa shape index (κ1) is 9.00. The Kier molecular flexibility index (Phi) is 2.90. The summed E-state index contributed by atoms with van der Waals surface area (Å²) in [7, 11) is 0. The highest BCUT2D eigenvalue weighted by Gasteiger charge is 2.34. The Morgan fingerprint density at radius 2 is 2.36 bits per heavy atom. The summed E-state index contributed by atoms with van der Waals surface area (Å²) in [6.07, 6.45) is 8.77. The van der Waals surface area contributed by atoms with Crippen LogP contribution >= 0.6 is 11.8 Å². The lowest BCUT2D eigenvalue weighted by atomic mass is 9.89. The second kappa shape index (κ2) is 3.54. The van der Waals surface area contributed by atoms with Crippen LogP contribution in [0.5, 0.6) is 0 Å². The highest BCUT2D eigenvalue weighted by Crippen LogP contribution is 2.44. The van der Waals surface area contributed by atoms with E-state index in [0.29, 0.717) is 4.75 Å². The van der Waals surface area contributed by atoms with E-state index in [1.807, 2.05) is 0 Å². The van der Waals surface area contributed by atoms with Gasteiger partial charge < -0.3 is 0 Å². The van der Waals surface area contributed by atoms with Crippen molar-refractivity contribution in [2.24, 2.45) is 5.92 Å². The van der Waals surface area contributed by atoms with Gasteiger partial charge in [0.25, 0.3) is 0 Å². The van der Waals surface area contributed by atoms with Crippen LogP contribution in [-0.4, -0.2) is 10.5 Å². The molecule has 1 unspecified atom stereocenters. The van der Waals surface area contributed by atoms with Gasteiger partial charge in [-0.3, -0.25) is 0 Å². The van der Waals surface area contributed by atoms with E-state index in [0.717, 1.165) is 12.3 Å². The monoisotopic (exact) mass is 168 g/mol. The van der Waals surface area contributed by atoms with Gasteiger partial charge in [0.2, 0.25) is 0 Å². The second-order valence-corrected chi connectivity index (χ2v) is 5.43. The van der Waals surface area contributed by atoms with Gasteiger partial charge in [0, 0.05) is 11.2 Å². The number of hydrogen-bond acceptors (Lipinski definition) is 1. The van der Waals surface area contributed by atoms with Crippen molar-refractivity contribution in [3.05, 3.63) is 0 Å². The van der Waals surface area contributed by atoms with E-state index in [9.17, 15) is 0 Å². The maximum Gasteiger partial charge on any atom is 0.0132 e. The van der Waals surface area contributed by atoms with Crippen LogP contribution in [0, 0.1) is 18.3 Å². The minimum atomic E-state index is 0.483. The molecule has 11 heavy (non-hydrogen) atoms. The number of rotatable bonds is 2. The molecule has 62 valence electrons. The Labute approximate surface area is 74.1 Å². The first-order chi connectivity index (χ1) is 5.17. The van der Waals surface area contributed by atoms with Crippen LogP contribution in [0.25, 0.3) is 0 Å². The molecule has 0 aromatic carbocycles. The van der Waals surface area contributed by atoms with Crippen LogP contribution in [0.3, 0.4) is 0 Å². The molecular weight excluding hydrogens is 152 g/mol. The normalized spacial score (nSPS) is 28.3. The van der Waals surface area contributed by atoms with Gasteiger partial charge in [0.1, 0.15) is 0 Å². The molecule has 1 aliphatic heterocycles. The average molecular weight is 168 g/mol. The third kappa shape index (κ3) is 2.17. The molecule has 0 bridgehead atoms. The fraction of sp³-hybridized carbons (Fsp3) is 0.800. The average Bonchev–Trinajstić information content (AvgIpc) is 2.25. The Morgan fingerprint density at radius 3 is 2.82 bits per heavy atom. The van der Waals surface area contributed by atoms with Crippen molar-refractivity contribution in [3.63, 3.8) is 0 Å². The summed E-state index contributed by atoms with van der Waals surface area (Å²) in [5.74, 6) is 4.90. The molecule has 0 spiro atoms. The predicted molar refractivity (Wildman–Crippen MR) is 52.7 cm³/mol. The zero-order chi connectivity index (χ0) is 8.32. The zero-order valence-electron chi connectivity index (χ0n) is 7.39. The van der Waals surface area contributed by atoms with Crippen LogP contribution in [0.4, 0.5) is 0 Å². The molecule has 1 atom stereocenters. The van der Waals surface area contributed by atoms with Gasteiger partial charge in [-0.1, -0.05) is 13.8 Å². The number of thioether (sulfide) groups is 1. The summed E-state index contributed by atoms with van der Waals surface area (Å²) in [5, 5.41) is 0. The van der Waals surface area contributed by atoms with E-state index in [1.54, 1.807) is 0 Å². The highest BCUT2D eigenvalue weighted by molar-refractivity contribution is 8.00. The molecule has 0 amide bonds. The first-order valence-electron chi connectivity index (χ1n) is 4.24. The molecule has 1 aliphatic rings. The standard InChI is InChI=1S/C10H16S/c1-4-5-6-9-7-8-11-10(9,2)3/h1,9H,5-8H2,2-3H3. The fourth-order valence-corrected chi connectivity index (χ4v) is 3.08. The van der Waals surface area contributed by atoms with Gasteiger partial charge in [0.05, 0.1) is 0 Å². The smallest absolute Gasteiger partial charge is 0.0132 e. The summed E-state index contributed by atoms with van der Waals surface area (Å²) >= 11 is 2.09. The lowest BCUT2D eigenvalue weighted by molar-refractivity contribution is 0.412. The molecule has 0 saturated carbocycles. The van der Waals surface area contributed by atoms with Crippen LogP contribution in [0.1, 0.15) is 33.1 Å². The summed E-state index contributed by atoms with van der Waals surface area (Å²) in [5.41, 5.74) is 0. The molecule has 0 aromatic rings. The molecule has 0 nitrogen and oxygen atoms in total. The predicted octanol–water partition coefficient (Wildman–Crippen LogP) is 2.93.